The molecule has 6 heteroatoms. The van der Waals surface area contributed by atoms with E-state index in [1.807, 2.05) is 0 Å². The predicted molar refractivity (Wildman–Crippen MR) is 42.6 cm³/mol. The summed E-state index contributed by atoms with van der Waals surface area (Å²) in [6, 6.07) is 12.0. The molecule has 1 aromatic carbocycles. The first-order valence-corrected chi connectivity index (χ1v) is 2.68. The fourth-order valence-electron chi connectivity index (χ4n) is 0.180. The molecular weight excluding hydrogens is 294 g/mol. The average Bonchev–Trinajstić information content (AvgIpc) is 2.95. The largest absolute Gasteiger partial charge is 2.00 e. The number of hydrogen-bond acceptors (Lipinski definition) is 2. The van der Waals surface area contributed by atoms with E-state index >= 15 is 0 Å². The Labute approximate surface area is 108 Å². The number of aliphatic imine (C=N–C) groups is 1. The van der Waals surface area contributed by atoms with Gasteiger partial charge in [0.05, 0.1) is 0 Å². The molecule has 0 N–H and O–H groups in total. The van der Waals surface area contributed by atoms with Gasteiger partial charge in [0.15, 0.2) is 0 Å². The molecule has 0 aliphatic carbocycles. The van der Waals surface area contributed by atoms with Gasteiger partial charge < -0.3 is 40.1 Å². The maximum Gasteiger partial charge on any atom is 2.00 e. The Morgan fingerprint density at radius 2 is 1.31 bits per heavy atom. The molecule has 0 aromatic heterocycles. The molecule has 0 fully saturated rings. The molecule has 16 heavy (non-hydrogen) atoms. The summed E-state index contributed by atoms with van der Waals surface area (Å²) in [5.74, 6) is 0. The Kier molecular flexibility index (Phi) is 127. The maximum atomic E-state index is 8.82. The average molecular weight is 297 g/mol. The van der Waals surface area contributed by atoms with E-state index in [1.165, 1.54) is 6.08 Å². The number of carbonyl (C=O) groups excluding carboxylic acids is 1. The number of isocyanates is 1. The van der Waals surface area contributed by atoms with Gasteiger partial charge >= 0.3 is 55.0 Å². The molecule has 0 heterocycles. The van der Waals surface area contributed by atoms with E-state index in [-0.39, 0.29) is 21.1 Å². The van der Waals surface area contributed by atoms with Gasteiger partial charge in [-0.25, -0.2) is 0 Å². The molecule has 0 atom stereocenters. The zero-order valence-electron chi connectivity index (χ0n) is 7.77. The fourth-order valence-corrected chi connectivity index (χ4v) is 0.180. The summed E-state index contributed by atoms with van der Waals surface area (Å²) in [4.78, 5) is 11.5. The van der Waals surface area contributed by atoms with E-state index in [1.54, 1.807) is 6.07 Å². The Hall–Kier alpha value is -1.49. The van der Waals surface area contributed by atoms with Gasteiger partial charge in [0, 0.05) is 0 Å². The SMILES string of the molecule is [C-]#[O+].[C-]#[O+].[C-]#[O+].[CH2-]N=C=O.[Mo+2].[c-]1[c-][c-][cH-][c-]1. The molecule has 0 bridgehead atoms. The maximum absolute atomic E-state index is 8.82. The van der Waals surface area contributed by atoms with Crippen molar-refractivity contribution < 1.29 is 39.8 Å². The van der Waals surface area contributed by atoms with Crippen LogP contribution in [0.2, 0.25) is 0 Å². The summed E-state index contributed by atoms with van der Waals surface area (Å²) in [5.41, 5.74) is 0. The fraction of sp³-hybridized carbons (Fsp3) is 0. The minimum atomic E-state index is 0. The monoisotopic (exact) mass is 299 g/mol. The Morgan fingerprint density at radius 1 is 1.06 bits per heavy atom. The van der Waals surface area contributed by atoms with Gasteiger partial charge in [-0.3, -0.25) is 0 Å². The predicted octanol–water partition coefficient (Wildman–Crippen LogP) is 0.605. The van der Waals surface area contributed by atoms with Crippen LogP contribution < -0.4 is 0 Å². The molecule has 82 valence electrons. The van der Waals surface area contributed by atoms with E-state index in [9.17, 15) is 0 Å². The first kappa shape index (κ1) is 29.3. The third kappa shape index (κ3) is 81.5. The number of hydrogen-bond donors (Lipinski definition) is 0. The van der Waals surface area contributed by atoms with Crippen LogP contribution in [0.3, 0.4) is 0 Å². The zero-order valence-corrected chi connectivity index (χ0v) is 9.78. The van der Waals surface area contributed by atoms with Crippen LogP contribution in [0.5, 0.6) is 0 Å². The molecule has 0 amide bonds. The summed E-state index contributed by atoms with van der Waals surface area (Å²) >= 11 is 0. The summed E-state index contributed by atoms with van der Waals surface area (Å²) < 4.78 is 22.5. The van der Waals surface area contributed by atoms with Crippen molar-refractivity contribution >= 4 is 6.08 Å². The minimum Gasteiger partial charge on any atom is -0.999 e. The van der Waals surface area contributed by atoms with Crippen LogP contribution in [0.25, 0.3) is 0 Å². The molecule has 0 saturated heterocycles. The van der Waals surface area contributed by atoms with E-state index in [4.69, 9.17) is 18.8 Å². The number of rotatable bonds is 0. The molecular formula is C10H3MoNO4-4. The first-order valence-electron chi connectivity index (χ1n) is 2.68. The third-order valence-electron chi connectivity index (χ3n) is 0.416. The first-order chi connectivity index (χ1) is 7.41. The summed E-state index contributed by atoms with van der Waals surface area (Å²) in [6.07, 6.45) is 1.19. The Morgan fingerprint density at radius 3 is 1.38 bits per heavy atom. The van der Waals surface area contributed by atoms with E-state index in [2.05, 4.69) is 56.3 Å². The molecule has 1 aromatic rings. The van der Waals surface area contributed by atoms with Gasteiger partial charge in [-0.1, -0.05) is 0 Å². The van der Waals surface area contributed by atoms with Gasteiger partial charge in [-0.05, 0) is 6.08 Å². The second-order valence-corrected chi connectivity index (χ2v) is 0.932. The van der Waals surface area contributed by atoms with Gasteiger partial charge in [-0.2, -0.15) is 7.05 Å². The van der Waals surface area contributed by atoms with Crippen molar-refractivity contribution in [3.05, 3.63) is 57.3 Å². The Balaban J connectivity index is -0.0000000337. The normalized spacial score (nSPS) is 3.88. The number of nitrogens with zero attached hydrogens (tertiary/aromatic N) is 1. The van der Waals surface area contributed by atoms with Crippen LogP contribution >= 0.6 is 0 Å². The van der Waals surface area contributed by atoms with Crippen LogP contribution in [-0.2, 0) is 39.8 Å². The van der Waals surface area contributed by atoms with Crippen molar-refractivity contribution in [3.63, 3.8) is 0 Å². The summed E-state index contributed by atoms with van der Waals surface area (Å²) in [6.45, 7) is 13.5. The second-order valence-electron chi connectivity index (χ2n) is 0.932. The minimum absolute atomic E-state index is 0. The molecule has 0 unspecified atom stereocenters. The summed E-state index contributed by atoms with van der Waals surface area (Å²) in [7, 11) is 2.81. The molecule has 5 nitrogen and oxygen atoms in total. The van der Waals surface area contributed by atoms with Crippen LogP contribution in [0.1, 0.15) is 0 Å². The van der Waals surface area contributed by atoms with Crippen LogP contribution in [0.4, 0.5) is 0 Å². The molecule has 1 rings (SSSR count). The van der Waals surface area contributed by atoms with Crippen molar-refractivity contribution in [1.29, 1.82) is 0 Å². The second kappa shape index (κ2) is 69.7. The smallest absolute Gasteiger partial charge is 0.999 e. The zero-order chi connectivity index (χ0) is 12.9. The topological polar surface area (TPSA) is 89.1 Å². The standard InChI is InChI=1S/C5H.C2H2NO.3CO.Mo/c1-2-4-5-3-1;1-3-2-4;3*1-2;/h1H;1H2;;;;/q-5;-1;;;;+2. The molecule has 0 radical (unpaired) electrons. The van der Waals surface area contributed by atoms with E-state index in [0.717, 1.165) is 0 Å². The van der Waals surface area contributed by atoms with Gasteiger partial charge in [0.25, 0.3) is 0 Å². The van der Waals surface area contributed by atoms with Crippen molar-refractivity contribution in [2.24, 2.45) is 4.99 Å². The van der Waals surface area contributed by atoms with Crippen LogP contribution in [0, 0.1) is 51.3 Å². The van der Waals surface area contributed by atoms with Crippen molar-refractivity contribution in [2.75, 3.05) is 0 Å². The third-order valence-corrected chi connectivity index (χ3v) is 0.416. The van der Waals surface area contributed by atoms with Crippen molar-refractivity contribution in [1.82, 2.24) is 0 Å². The van der Waals surface area contributed by atoms with Gasteiger partial charge in [0.1, 0.15) is 0 Å². The van der Waals surface area contributed by atoms with Gasteiger partial charge in [-0.15, -0.1) is 0 Å². The Bertz CT molecular complexity index is 239. The quantitative estimate of drug-likeness (QED) is 0.227. The van der Waals surface area contributed by atoms with Crippen molar-refractivity contribution in [2.45, 2.75) is 0 Å². The van der Waals surface area contributed by atoms with Crippen LogP contribution in [-0.4, -0.2) is 6.08 Å². The molecule has 0 saturated carbocycles. The van der Waals surface area contributed by atoms with Crippen LogP contribution in [0.15, 0.2) is 11.1 Å². The molecule has 0 spiro atoms. The summed E-state index contributed by atoms with van der Waals surface area (Å²) in [5, 5.41) is 0. The molecule has 0 aliphatic heterocycles. The molecule has 0 aliphatic rings. The van der Waals surface area contributed by atoms with E-state index < -0.39 is 0 Å². The van der Waals surface area contributed by atoms with E-state index in [0.29, 0.717) is 0 Å². The van der Waals surface area contributed by atoms with Gasteiger partial charge in [0.2, 0.25) is 0 Å². The van der Waals surface area contributed by atoms with Crippen molar-refractivity contribution in [3.8, 4) is 0 Å².